The molecule has 3 aromatic rings. The molecule has 5 nitrogen and oxygen atoms in total. The minimum atomic E-state index is -0.330. The molecule has 1 atom stereocenters. The monoisotopic (exact) mass is 399 g/mol. The fourth-order valence-corrected chi connectivity index (χ4v) is 4.20. The summed E-state index contributed by atoms with van der Waals surface area (Å²) < 4.78 is 0. The molecular weight excluding hydrogens is 378 g/mol. The molecule has 0 unspecified atom stereocenters. The lowest BCUT2D eigenvalue weighted by molar-refractivity contribution is -0.120. The van der Waals surface area contributed by atoms with Crippen molar-refractivity contribution in [2.75, 3.05) is 5.32 Å². The van der Waals surface area contributed by atoms with Gasteiger partial charge in [0.15, 0.2) is 5.13 Å². The summed E-state index contributed by atoms with van der Waals surface area (Å²) >= 11 is 2.91. The zero-order chi connectivity index (χ0) is 19.2. The number of carbonyl (C=O) groups excluding carboxylic acids is 2. The lowest BCUT2D eigenvalue weighted by Gasteiger charge is -2.15. The summed E-state index contributed by atoms with van der Waals surface area (Å²) in [5, 5.41) is 10.1. The molecule has 0 fully saturated rings. The second-order valence-corrected chi connectivity index (χ2v) is 7.95. The maximum atomic E-state index is 12.4. The first-order valence-corrected chi connectivity index (χ1v) is 10.5. The van der Waals surface area contributed by atoms with Crippen LogP contribution in [0.2, 0.25) is 0 Å². The molecule has 2 amide bonds. The van der Waals surface area contributed by atoms with Gasteiger partial charge in [-0.15, -0.1) is 22.7 Å². The normalized spacial score (nSPS) is 11.8. The van der Waals surface area contributed by atoms with Crippen LogP contribution >= 0.6 is 22.7 Å². The van der Waals surface area contributed by atoms with E-state index >= 15 is 0 Å². The van der Waals surface area contributed by atoms with Crippen molar-refractivity contribution in [3.63, 3.8) is 0 Å². The van der Waals surface area contributed by atoms with Gasteiger partial charge >= 0.3 is 0 Å². The predicted octanol–water partition coefficient (Wildman–Crippen LogP) is 4.64. The standard InChI is InChI=1S/C20H21N3O2S2/c1-3-14-6-8-15(9-7-14)17-12-27-20(22-17)23-19(25)11-16(21-13(2)24)18-5-4-10-26-18/h4-10,12,16H,3,11H2,1-2H3,(H,21,24)(H,22,23,25)/t16-/m0/s1. The molecule has 0 aliphatic rings. The van der Waals surface area contributed by atoms with E-state index < -0.39 is 0 Å². The maximum absolute atomic E-state index is 12.4. The molecule has 0 saturated heterocycles. The first-order chi connectivity index (χ1) is 13.0. The van der Waals surface area contributed by atoms with Crippen molar-refractivity contribution in [1.82, 2.24) is 10.3 Å². The molecule has 140 valence electrons. The number of benzene rings is 1. The molecule has 1 aromatic carbocycles. The van der Waals surface area contributed by atoms with Crippen LogP contribution in [0.5, 0.6) is 0 Å². The molecule has 2 heterocycles. The Morgan fingerprint density at radius 2 is 1.93 bits per heavy atom. The highest BCUT2D eigenvalue weighted by Gasteiger charge is 2.19. The lowest BCUT2D eigenvalue weighted by Crippen LogP contribution is -2.29. The van der Waals surface area contributed by atoms with Crippen LogP contribution in [0.3, 0.4) is 0 Å². The van der Waals surface area contributed by atoms with E-state index in [0.29, 0.717) is 5.13 Å². The highest BCUT2D eigenvalue weighted by molar-refractivity contribution is 7.14. The number of thiophene rings is 1. The number of nitrogens with one attached hydrogen (secondary N) is 2. The number of rotatable bonds is 7. The predicted molar refractivity (Wildman–Crippen MR) is 111 cm³/mol. The van der Waals surface area contributed by atoms with Crippen LogP contribution in [0.25, 0.3) is 11.3 Å². The van der Waals surface area contributed by atoms with E-state index in [1.165, 1.54) is 35.2 Å². The summed E-state index contributed by atoms with van der Waals surface area (Å²) in [6, 6.07) is 11.8. The average Bonchev–Trinajstić information content (AvgIpc) is 3.33. The Morgan fingerprint density at radius 3 is 2.56 bits per heavy atom. The highest BCUT2D eigenvalue weighted by Crippen LogP contribution is 2.27. The largest absolute Gasteiger partial charge is 0.348 e. The highest BCUT2D eigenvalue weighted by atomic mass is 32.1. The third-order valence-corrected chi connectivity index (χ3v) is 5.81. The minimum absolute atomic E-state index is 0.159. The van der Waals surface area contributed by atoms with Gasteiger partial charge < -0.3 is 10.6 Å². The van der Waals surface area contributed by atoms with Crippen LogP contribution < -0.4 is 10.6 Å². The van der Waals surface area contributed by atoms with Crippen LogP contribution in [0.15, 0.2) is 47.2 Å². The second-order valence-electron chi connectivity index (χ2n) is 6.11. The van der Waals surface area contributed by atoms with Crippen molar-refractivity contribution in [1.29, 1.82) is 0 Å². The quantitative estimate of drug-likeness (QED) is 0.608. The second kappa shape index (κ2) is 8.92. The van der Waals surface area contributed by atoms with E-state index in [-0.39, 0.29) is 24.3 Å². The van der Waals surface area contributed by atoms with Gasteiger partial charge in [0.25, 0.3) is 0 Å². The molecule has 3 rings (SSSR count). The van der Waals surface area contributed by atoms with E-state index in [0.717, 1.165) is 22.6 Å². The van der Waals surface area contributed by atoms with Crippen LogP contribution in [-0.4, -0.2) is 16.8 Å². The van der Waals surface area contributed by atoms with E-state index in [4.69, 9.17) is 0 Å². The number of thiazole rings is 1. The van der Waals surface area contributed by atoms with E-state index in [1.54, 1.807) is 0 Å². The molecule has 0 aliphatic heterocycles. The maximum Gasteiger partial charge on any atom is 0.228 e. The van der Waals surface area contributed by atoms with E-state index in [1.807, 2.05) is 35.0 Å². The number of aryl methyl sites for hydroxylation is 1. The van der Waals surface area contributed by atoms with Crippen molar-refractivity contribution in [2.24, 2.45) is 0 Å². The Balaban J connectivity index is 1.65. The molecular formula is C20H21N3O2S2. The Morgan fingerprint density at radius 1 is 1.15 bits per heavy atom. The zero-order valence-electron chi connectivity index (χ0n) is 15.2. The molecule has 0 saturated carbocycles. The SMILES string of the molecule is CCc1ccc(-c2csc(NC(=O)C[C@H](NC(C)=O)c3cccs3)n2)cc1. The molecule has 0 spiro atoms. The summed E-state index contributed by atoms with van der Waals surface area (Å²) in [6.45, 7) is 3.57. The first-order valence-electron chi connectivity index (χ1n) is 8.70. The molecule has 0 radical (unpaired) electrons. The minimum Gasteiger partial charge on any atom is -0.348 e. The van der Waals surface area contributed by atoms with Crippen molar-refractivity contribution in [2.45, 2.75) is 32.7 Å². The molecule has 0 bridgehead atoms. The van der Waals surface area contributed by atoms with Gasteiger partial charge in [0, 0.05) is 22.7 Å². The van der Waals surface area contributed by atoms with Gasteiger partial charge in [-0.1, -0.05) is 37.3 Å². The Bertz CT molecular complexity index is 902. The van der Waals surface area contributed by atoms with Crippen LogP contribution in [-0.2, 0) is 16.0 Å². The molecule has 0 aliphatic carbocycles. The summed E-state index contributed by atoms with van der Waals surface area (Å²) in [5.41, 5.74) is 3.15. The fourth-order valence-electron chi connectivity index (χ4n) is 2.69. The average molecular weight is 400 g/mol. The Kier molecular flexibility index (Phi) is 6.36. The number of carbonyl (C=O) groups is 2. The van der Waals surface area contributed by atoms with Crippen LogP contribution in [0.4, 0.5) is 5.13 Å². The summed E-state index contributed by atoms with van der Waals surface area (Å²) in [6.07, 6.45) is 1.17. The number of aromatic nitrogens is 1. The van der Waals surface area contributed by atoms with Gasteiger partial charge in [0.1, 0.15) is 0 Å². The van der Waals surface area contributed by atoms with Crippen LogP contribution in [0.1, 0.15) is 36.8 Å². The van der Waals surface area contributed by atoms with Gasteiger partial charge in [0.05, 0.1) is 18.2 Å². The van der Waals surface area contributed by atoms with Crippen molar-refractivity contribution in [3.05, 3.63) is 57.6 Å². The van der Waals surface area contributed by atoms with Gasteiger partial charge in [-0.2, -0.15) is 0 Å². The lowest BCUT2D eigenvalue weighted by atomic mass is 10.1. The third kappa shape index (κ3) is 5.24. The summed E-state index contributed by atoms with van der Waals surface area (Å²) in [7, 11) is 0. The van der Waals surface area contributed by atoms with Gasteiger partial charge in [0.2, 0.25) is 11.8 Å². The molecule has 27 heavy (non-hydrogen) atoms. The third-order valence-electron chi connectivity index (χ3n) is 4.06. The van der Waals surface area contributed by atoms with Crippen molar-refractivity contribution < 1.29 is 9.59 Å². The zero-order valence-corrected chi connectivity index (χ0v) is 16.8. The van der Waals surface area contributed by atoms with Gasteiger partial charge in [-0.25, -0.2) is 4.98 Å². The summed E-state index contributed by atoms with van der Waals surface area (Å²) in [5.74, 6) is -0.336. The fraction of sp³-hybridized carbons (Fsp3) is 0.250. The molecule has 7 heteroatoms. The van der Waals surface area contributed by atoms with Crippen molar-refractivity contribution >= 4 is 39.6 Å². The number of anilines is 1. The topological polar surface area (TPSA) is 71.1 Å². The first kappa shape index (κ1) is 19.3. The molecule has 2 N–H and O–H groups in total. The van der Waals surface area contributed by atoms with Gasteiger partial charge in [-0.05, 0) is 23.4 Å². The van der Waals surface area contributed by atoms with E-state index in [9.17, 15) is 9.59 Å². The number of amides is 2. The van der Waals surface area contributed by atoms with Gasteiger partial charge in [-0.3, -0.25) is 9.59 Å². The Hall–Kier alpha value is -2.51. The number of hydrogen-bond donors (Lipinski definition) is 2. The number of nitrogens with zero attached hydrogens (tertiary/aromatic N) is 1. The Labute approximate surface area is 166 Å². The van der Waals surface area contributed by atoms with Crippen LogP contribution in [0, 0.1) is 0 Å². The smallest absolute Gasteiger partial charge is 0.228 e. The van der Waals surface area contributed by atoms with Crippen molar-refractivity contribution in [3.8, 4) is 11.3 Å². The summed E-state index contributed by atoms with van der Waals surface area (Å²) in [4.78, 5) is 29.3. The molecule has 2 aromatic heterocycles. The van der Waals surface area contributed by atoms with E-state index in [2.05, 4.69) is 34.7 Å². The number of hydrogen-bond acceptors (Lipinski definition) is 5.